The summed E-state index contributed by atoms with van der Waals surface area (Å²) in [6, 6.07) is 10.1. The predicted molar refractivity (Wildman–Crippen MR) is 108 cm³/mol. The summed E-state index contributed by atoms with van der Waals surface area (Å²) in [6.45, 7) is 6.77. The fourth-order valence-corrected chi connectivity index (χ4v) is 4.96. The Labute approximate surface area is 164 Å². The Kier molecular flexibility index (Phi) is 4.49. The third-order valence-corrected chi connectivity index (χ3v) is 7.04. The number of hydrogen-bond donors (Lipinski definition) is 1. The van der Waals surface area contributed by atoms with Gasteiger partial charge in [-0.2, -0.15) is 0 Å². The van der Waals surface area contributed by atoms with E-state index in [-0.39, 0.29) is 10.3 Å². The number of sulfonamides is 1. The van der Waals surface area contributed by atoms with Crippen LogP contribution in [0.1, 0.15) is 38.5 Å². The van der Waals surface area contributed by atoms with Crippen molar-refractivity contribution in [2.24, 2.45) is 11.3 Å². The van der Waals surface area contributed by atoms with Crippen molar-refractivity contribution < 1.29 is 17.2 Å². The lowest BCUT2D eigenvalue weighted by atomic mass is 9.71. The van der Waals surface area contributed by atoms with E-state index < -0.39 is 15.8 Å². The normalized spacial score (nSPS) is 17.5. The Morgan fingerprint density at radius 1 is 1.11 bits per heavy atom. The predicted octanol–water partition coefficient (Wildman–Crippen LogP) is 5.52. The van der Waals surface area contributed by atoms with Crippen LogP contribution in [0.4, 0.5) is 10.1 Å². The van der Waals surface area contributed by atoms with E-state index in [0.717, 1.165) is 48.1 Å². The third-order valence-electron chi connectivity index (χ3n) is 5.65. The first-order valence-electron chi connectivity index (χ1n) is 9.46. The molecule has 1 aliphatic carbocycles. The minimum atomic E-state index is -3.78. The lowest BCUT2D eigenvalue weighted by molar-refractivity contribution is 0.210. The average Bonchev–Trinajstić information content (AvgIpc) is 2.98. The maximum Gasteiger partial charge on any atom is 0.261 e. The molecule has 0 amide bonds. The molecule has 0 radical (unpaired) electrons. The lowest BCUT2D eigenvalue weighted by Crippen LogP contribution is -2.26. The van der Waals surface area contributed by atoms with Gasteiger partial charge in [0.1, 0.15) is 17.2 Å². The highest BCUT2D eigenvalue weighted by Gasteiger charge is 2.31. The van der Waals surface area contributed by atoms with Crippen LogP contribution in [0.15, 0.2) is 51.8 Å². The van der Waals surface area contributed by atoms with Crippen LogP contribution < -0.4 is 4.72 Å². The van der Waals surface area contributed by atoms with Crippen molar-refractivity contribution in [3.05, 3.63) is 59.6 Å². The molecule has 1 N–H and O–H groups in total. The number of rotatable bonds is 3. The van der Waals surface area contributed by atoms with Crippen LogP contribution in [0, 0.1) is 17.2 Å². The van der Waals surface area contributed by atoms with E-state index in [1.54, 1.807) is 6.07 Å². The molecule has 6 heteroatoms. The van der Waals surface area contributed by atoms with Crippen molar-refractivity contribution in [2.75, 3.05) is 4.72 Å². The van der Waals surface area contributed by atoms with Crippen LogP contribution in [0.3, 0.4) is 0 Å². The fraction of sp³-hybridized carbons (Fsp3) is 0.364. The van der Waals surface area contributed by atoms with Crippen LogP contribution in [0.5, 0.6) is 0 Å². The largest absolute Gasteiger partial charge is 0.461 e. The molecule has 0 saturated carbocycles. The van der Waals surface area contributed by atoms with Crippen LogP contribution in [-0.2, 0) is 22.9 Å². The molecule has 0 bridgehead atoms. The first-order chi connectivity index (χ1) is 13.1. The number of nitrogens with one attached hydrogen (secondary N) is 1. The highest BCUT2D eigenvalue weighted by molar-refractivity contribution is 7.92. The molecule has 0 spiro atoms. The quantitative estimate of drug-likeness (QED) is 0.628. The summed E-state index contributed by atoms with van der Waals surface area (Å²) in [6.07, 6.45) is 2.93. The molecule has 4 nitrogen and oxygen atoms in total. The second-order valence-corrected chi connectivity index (χ2v) is 10.3. The molecule has 0 saturated heterocycles. The molecular formula is C22H24FNO3S. The van der Waals surface area contributed by atoms with E-state index >= 15 is 0 Å². The first kappa shape index (κ1) is 19.0. The van der Waals surface area contributed by atoms with Gasteiger partial charge in [-0.15, -0.1) is 0 Å². The number of aryl methyl sites for hydroxylation is 1. The van der Waals surface area contributed by atoms with Crippen molar-refractivity contribution in [1.29, 1.82) is 0 Å². The molecule has 0 fully saturated rings. The summed E-state index contributed by atoms with van der Waals surface area (Å²) in [5, 5.41) is 0.961. The molecule has 3 aromatic rings. The second kappa shape index (κ2) is 6.62. The molecule has 1 heterocycles. The maximum atomic E-state index is 13.1. The summed E-state index contributed by atoms with van der Waals surface area (Å²) in [5.41, 5.74) is 2.65. The van der Waals surface area contributed by atoms with Gasteiger partial charge in [0, 0.05) is 23.1 Å². The van der Waals surface area contributed by atoms with Crippen molar-refractivity contribution in [2.45, 2.75) is 44.9 Å². The Balaban J connectivity index is 1.68. The standard InChI is InChI=1S/C22H24FNO3S/c1-22(2,3)14-4-10-20-18(12-14)19-13-16(7-11-21(19)27-20)24-28(25,26)17-8-5-15(23)6-9-17/h5-9,11,13-14,24H,4,10,12H2,1-3H3/t14-/m1/s1. The van der Waals surface area contributed by atoms with Crippen LogP contribution in [0.25, 0.3) is 11.0 Å². The number of anilines is 1. The fourth-order valence-electron chi connectivity index (χ4n) is 3.91. The number of fused-ring (bicyclic) bond motifs is 3. The SMILES string of the molecule is CC(C)(C)[C@@H]1CCc2oc3ccc(NS(=O)(=O)c4ccc(F)cc4)cc3c2C1. The van der Waals surface area contributed by atoms with E-state index in [2.05, 4.69) is 25.5 Å². The summed E-state index contributed by atoms with van der Waals surface area (Å²) in [5.74, 6) is 1.09. The minimum absolute atomic E-state index is 0.0241. The van der Waals surface area contributed by atoms with Crippen molar-refractivity contribution in [3.8, 4) is 0 Å². The van der Waals surface area contributed by atoms with E-state index in [0.29, 0.717) is 11.6 Å². The van der Waals surface area contributed by atoms with Gasteiger partial charge in [-0.1, -0.05) is 20.8 Å². The van der Waals surface area contributed by atoms with Gasteiger partial charge in [0.15, 0.2) is 0 Å². The summed E-state index contributed by atoms with van der Waals surface area (Å²) >= 11 is 0. The zero-order chi connectivity index (χ0) is 20.1. The molecule has 1 aromatic heterocycles. The van der Waals surface area contributed by atoms with Crippen LogP contribution >= 0.6 is 0 Å². The minimum Gasteiger partial charge on any atom is -0.461 e. The van der Waals surface area contributed by atoms with E-state index in [4.69, 9.17) is 4.42 Å². The lowest BCUT2D eigenvalue weighted by Gasteiger charge is -2.33. The monoisotopic (exact) mass is 401 g/mol. The molecule has 148 valence electrons. The summed E-state index contributed by atoms with van der Waals surface area (Å²) < 4.78 is 46.9. The number of halogens is 1. The maximum absolute atomic E-state index is 13.1. The van der Waals surface area contributed by atoms with E-state index in [9.17, 15) is 12.8 Å². The van der Waals surface area contributed by atoms with Gasteiger partial charge in [0.05, 0.1) is 4.90 Å². The molecule has 1 aliphatic rings. The Bertz CT molecular complexity index is 1130. The third kappa shape index (κ3) is 3.53. The first-order valence-corrected chi connectivity index (χ1v) is 10.9. The van der Waals surface area contributed by atoms with Gasteiger partial charge in [0.2, 0.25) is 0 Å². The molecular weight excluding hydrogens is 377 g/mol. The second-order valence-electron chi connectivity index (χ2n) is 8.58. The Morgan fingerprint density at radius 2 is 1.82 bits per heavy atom. The van der Waals surface area contributed by atoms with Gasteiger partial charge < -0.3 is 4.42 Å². The number of benzene rings is 2. The van der Waals surface area contributed by atoms with Crippen LogP contribution in [-0.4, -0.2) is 8.42 Å². The highest BCUT2D eigenvalue weighted by atomic mass is 32.2. The molecule has 1 atom stereocenters. The van der Waals surface area contributed by atoms with Gasteiger partial charge in [-0.3, -0.25) is 4.72 Å². The molecule has 4 rings (SSSR count). The molecule has 0 unspecified atom stereocenters. The van der Waals surface area contributed by atoms with Gasteiger partial charge in [-0.05, 0) is 66.6 Å². The zero-order valence-electron chi connectivity index (χ0n) is 16.3. The molecule has 28 heavy (non-hydrogen) atoms. The van der Waals surface area contributed by atoms with Gasteiger partial charge >= 0.3 is 0 Å². The van der Waals surface area contributed by atoms with E-state index in [1.165, 1.54) is 17.7 Å². The molecule has 0 aliphatic heterocycles. The summed E-state index contributed by atoms with van der Waals surface area (Å²) in [7, 11) is -3.78. The average molecular weight is 402 g/mol. The van der Waals surface area contributed by atoms with Crippen molar-refractivity contribution in [3.63, 3.8) is 0 Å². The smallest absolute Gasteiger partial charge is 0.261 e. The number of hydrogen-bond acceptors (Lipinski definition) is 3. The number of furan rings is 1. The van der Waals surface area contributed by atoms with Crippen molar-refractivity contribution >= 4 is 26.7 Å². The van der Waals surface area contributed by atoms with E-state index in [1.807, 2.05) is 12.1 Å². The van der Waals surface area contributed by atoms with Gasteiger partial charge in [-0.25, -0.2) is 12.8 Å². The van der Waals surface area contributed by atoms with Crippen molar-refractivity contribution in [1.82, 2.24) is 0 Å². The summed E-state index contributed by atoms with van der Waals surface area (Å²) in [4.78, 5) is 0.0241. The topological polar surface area (TPSA) is 59.3 Å². The zero-order valence-corrected chi connectivity index (χ0v) is 17.1. The molecule has 2 aromatic carbocycles. The highest BCUT2D eigenvalue weighted by Crippen LogP contribution is 2.41. The Morgan fingerprint density at radius 3 is 2.50 bits per heavy atom. The van der Waals surface area contributed by atoms with Crippen LogP contribution in [0.2, 0.25) is 0 Å². The Hall–Kier alpha value is -2.34. The van der Waals surface area contributed by atoms with Gasteiger partial charge in [0.25, 0.3) is 10.0 Å².